The van der Waals surface area contributed by atoms with Crippen molar-refractivity contribution in [2.45, 2.75) is 18.9 Å². The Balaban J connectivity index is 1.89. The van der Waals surface area contributed by atoms with Crippen LogP contribution in [0.2, 0.25) is 10.0 Å². The molecule has 0 saturated carbocycles. The van der Waals surface area contributed by atoms with E-state index in [0.29, 0.717) is 29.4 Å². The van der Waals surface area contributed by atoms with Gasteiger partial charge in [0.25, 0.3) is 0 Å². The van der Waals surface area contributed by atoms with Gasteiger partial charge in [0.2, 0.25) is 5.91 Å². The molecule has 1 aromatic rings. The number of carbonyl (C=O) groups excluding carboxylic acids is 1. The summed E-state index contributed by atoms with van der Waals surface area (Å²) in [6.45, 7) is 0.759. The number of hydrogen-bond acceptors (Lipinski definition) is 3. The Morgan fingerprint density at radius 2 is 2.10 bits per heavy atom. The maximum Gasteiger partial charge on any atom is 0.334 e. The van der Waals surface area contributed by atoms with Crippen molar-refractivity contribution in [2.24, 2.45) is 0 Å². The van der Waals surface area contributed by atoms with Crippen molar-refractivity contribution < 1.29 is 19.4 Å². The predicted octanol–water partition coefficient (Wildman–Crippen LogP) is 2.24. The van der Waals surface area contributed by atoms with Gasteiger partial charge in [-0.25, -0.2) is 4.79 Å². The smallest absolute Gasteiger partial charge is 0.334 e. The molecule has 21 heavy (non-hydrogen) atoms. The van der Waals surface area contributed by atoms with E-state index in [-0.39, 0.29) is 19.1 Å². The molecule has 0 spiro atoms. The largest absolute Gasteiger partial charge is 0.479 e. The molecule has 1 amide bonds. The number of amides is 1. The minimum atomic E-state index is -1.04. The summed E-state index contributed by atoms with van der Waals surface area (Å²) < 4.78 is 5.09. The third-order valence-electron chi connectivity index (χ3n) is 3.31. The average Bonchev–Trinajstić information content (AvgIpc) is 2.48. The van der Waals surface area contributed by atoms with Crippen molar-refractivity contribution in [2.75, 3.05) is 19.7 Å². The molecule has 0 bridgehead atoms. The molecule has 2 rings (SSSR count). The summed E-state index contributed by atoms with van der Waals surface area (Å²) in [4.78, 5) is 24.5. The molecule has 1 aliphatic rings. The minimum Gasteiger partial charge on any atom is -0.479 e. The molecule has 0 aliphatic carbocycles. The van der Waals surface area contributed by atoms with Crippen molar-refractivity contribution >= 4 is 35.1 Å². The monoisotopic (exact) mass is 331 g/mol. The van der Waals surface area contributed by atoms with E-state index >= 15 is 0 Å². The number of aliphatic carboxylic acids is 1. The Labute approximate surface area is 132 Å². The lowest BCUT2D eigenvalue weighted by Crippen LogP contribution is -2.48. The van der Waals surface area contributed by atoms with Gasteiger partial charge >= 0.3 is 5.97 Å². The van der Waals surface area contributed by atoms with Crippen LogP contribution in [-0.2, 0) is 20.7 Å². The Bertz CT molecular complexity index is 550. The second-order valence-electron chi connectivity index (χ2n) is 4.79. The van der Waals surface area contributed by atoms with E-state index in [2.05, 4.69) is 0 Å². The number of benzene rings is 1. The highest BCUT2D eigenvalue weighted by Crippen LogP contribution is 2.23. The quantitative estimate of drug-likeness (QED) is 0.918. The molecule has 5 nitrogen and oxygen atoms in total. The highest BCUT2D eigenvalue weighted by atomic mass is 35.5. The van der Waals surface area contributed by atoms with E-state index in [4.69, 9.17) is 33.0 Å². The lowest BCUT2D eigenvalue weighted by molar-refractivity contribution is -0.159. The Morgan fingerprint density at radius 3 is 2.76 bits per heavy atom. The molecule has 1 atom stereocenters. The topological polar surface area (TPSA) is 66.8 Å². The minimum absolute atomic E-state index is 0.0874. The van der Waals surface area contributed by atoms with Gasteiger partial charge in [-0.2, -0.15) is 0 Å². The first kappa shape index (κ1) is 16.1. The Kier molecular flexibility index (Phi) is 5.45. The number of carboxylic acids is 1. The van der Waals surface area contributed by atoms with E-state index in [0.717, 1.165) is 5.56 Å². The van der Waals surface area contributed by atoms with Gasteiger partial charge < -0.3 is 14.7 Å². The fourth-order valence-corrected chi connectivity index (χ4v) is 2.45. The number of carbonyl (C=O) groups is 2. The van der Waals surface area contributed by atoms with Crippen LogP contribution in [0.3, 0.4) is 0 Å². The summed E-state index contributed by atoms with van der Waals surface area (Å²) in [5.41, 5.74) is 0.917. The van der Waals surface area contributed by atoms with Gasteiger partial charge in [-0.1, -0.05) is 29.3 Å². The normalized spacial score (nSPS) is 18.6. The number of nitrogens with zero attached hydrogens (tertiary/aromatic N) is 1. The van der Waals surface area contributed by atoms with E-state index in [1.54, 1.807) is 12.1 Å². The summed E-state index contributed by atoms with van der Waals surface area (Å²) in [5.74, 6) is -1.13. The fraction of sp³-hybridized carbons (Fsp3) is 0.429. The van der Waals surface area contributed by atoms with Gasteiger partial charge in [-0.05, 0) is 24.1 Å². The average molecular weight is 332 g/mol. The van der Waals surface area contributed by atoms with Crippen molar-refractivity contribution in [3.8, 4) is 0 Å². The lowest BCUT2D eigenvalue weighted by Gasteiger charge is -2.31. The van der Waals surface area contributed by atoms with Gasteiger partial charge in [0, 0.05) is 13.0 Å². The second kappa shape index (κ2) is 7.11. The van der Waals surface area contributed by atoms with Crippen LogP contribution in [0.4, 0.5) is 0 Å². The SMILES string of the molecule is O=C(O)C1CN(C(=O)CCc2ccc(Cl)c(Cl)c2)CCO1. The molecular weight excluding hydrogens is 317 g/mol. The summed E-state index contributed by atoms with van der Waals surface area (Å²) in [7, 11) is 0. The second-order valence-corrected chi connectivity index (χ2v) is 5.60. The number of rotatable bonds is 4. The van der Waals surface area contributed by atoms with Gasteiger partial charge in [0.1, 0.15) is 0 Å². The number of hydrogen-bond donors (Lipinski definition) is 1. The van der Waals surface area contributed by atoms with Crippen molar-refractivity contribution in [1.29, 1.82) is 0 Å². The molecule has 1 N–H and O–H groups in total. The van der Waals surface area contributed by atoms with Crippen LogP contribution < -0.4 is 0 Å². The zero-order valence-corrected chi connectivity index (χ0v) is 12.7. The standard InChI is InChI=1S/C14H15Cl2NO4/c15-10-3-1-9(7-11(10)16)2-4-13(18)17-5-6-21-12(8-17)14(19)20/h1,3,7,12H,2,4-6,8H2,(H,19,20). The fourth-order valence-electron chi connectivity index (χ4n) is 2.13. The highest BCUT2D eigenvalue weighted by Gasteiger charge is 2.28. The zero-order chi connectivity index (χ0) is 15.4. The molecule has 1 heterocycles. The molecule has 114 valence electrons. The molecule has 1 aliphatic heterocycles. The van der Waals surface area contributed by atoms with Crippen LogP contribution in [-0.4, -0.2) is 47.7 Å². The van der Waals surface area contributed by atoms with Crippen LogP contribution in [0.25, 0.3) is 0 Å². The van der Waals surface area contributed by atoms with E-state index < -0.39 is 12.1 Å². The molecule has 0 radical (unpaired) electrons. The first-order chi connectivity index (χ1) is 9.97. The molecular formula is C14H15Cl2NO4. The summed E-state index contributed by atoms with van der Waals surface area (Å²) in [6.07, 6.45) is -0.109. The predicted molar refractivity (Wildman–Crippen MR) is 78.7 cm³/mol. The maximum absolute atomic E-state index is 12.1. The van der Waals surface area contributed by atoms with Crippen LogP contribution >= 0.6 is 23.2 Å². The van der Waals surface area contributed by atoms with Crippen LogP contribution in [0, 0.1) is 0 Å². The number of ether oxygens (including phenoxy) is 1. The number of aryl methyl sites for hydroxylation is 1. The third kappa shape index (κ3) is 4.33. The lowest BCUT2D eigenvalue weighted by atomic mass is 10.1. The highest BCUT2D eigenvalue weighted by molar-refractivity contribution is 6.42. The van der Waals surface area contributed by atoms with E-state index in [1.807, 2.05) is 6.07 Å². The summed E-state index contributed by atoms with van der Waals surface area (Å²) >= 11 is 11.8. The number of carboxylic acid groups (broad SMARTS) is 1. The summed E-state index contributed by atoms with van der Waals surface area (Å²) in [5, 5.41) is 9.85. The van der Waals surface area contributed by atoms with E-state index in [1.165, 1.54) is 4.90 Å². The van der Waals surface area contributed by atoms with Crippen LogP contribution in [0.15, 0.2) is 18.2 Å². The van der Waals surface area contributed by atoms with Crippen molar-refractivity contribution in [3.63, 3.8) is 0 Å². The molecule has 7 heteroatoms. The zero-order valence-electron chi connectivity index (χ0n) is 11.2. The van der Waals surface area contributed by atoms with Crippen LogP contribution in [0.5, 0.6) is 0 Å². The van der Waals surface area contributed by atoms with Crippen LogP contribution in [0.1, 0.15) is 12.0 Å². The van der Waals surface area contributed by atoms with Gasteiger partial charge in [-0.15, -0.1) is 0 Å². The summed E-state index contributed by atoms with van der Waals surface area (Å²) in [6, 6.07) is 5.25. The van der Waals surface area contributed by atoms with Gasteiger partial charge in [0.05, 0.1) is 23.2 Å². The van der Waals surface area contributed by atoms with Crippen molar-refractivity contribution in [1.82, 2.24) is 4.90 Å². The van der Waals surface area contributed by atoms with E-state index in [9.17, 15) is 9.59 Å². The van der Waals surface area contributed by atoms with Crippen molar-refractivity contribution in [3.05, 3.63) is 33.8 Å². The first-order valence-electron chi connectivity index (χ1n) is 6.53. The van der Waals surface area contributed by atoms with Gasteiger partial charge in [0.15, 0.2) is 6.10 Å². The number of morpholine rings is 1. The third-order valence-corrected chi connectivity index (χ3v) is 4.05. The maximum atomic E-state index is 12.1. The Hall–Kier alpha value is -1.30. The number of halogens is 2. The molecule has 1 saturated heterocycles. The first-order valence-corrected chi connectivity index (χ1v) is 7.29. The Morgan fingerprint density at radius 1 is 1.33 bits per heavy atom. The van der Waals surface area contributed by atoms with Gasteiger partial charge in [-0.3, -0.25) is 4.79 Å². The molecule has 1 unspecified atom stereocenters. The molecule has 1 aromatic carbocycles. The molecule has 1 fully saturated rings. The molecule has 0 aromatic heterocycles.